The summed E-state index contributed by atoms with van der Waals surface area (Å²) in [7, 11) is 0. The van der Waals surface area contributed by atoms with Gasteiger partial charge < -0.3 is 0 Å². The normalized spacial score (nSPS) is 19.3. The Hall–Kier alpha value is -1.57. The Balaban J connectivity index is 1.57. The van der Waals surface area contributed by atoms with Crippen LogP contribution < -0.4 is 0 Å². The molecule has 138 valence electrons. The molecule has 2 amide bonds. The zero-order chi connectivity index (χ0) is 18.2. The molecule has 2 aliphatic rings. The van der Waals surface area contributed by atoms with Gasteiger partial charge in [-0.2, -0.15) is 0 Å². The van der Waals surface area contributed by atoms with Gasteiger partial charge in [0, 0.05) is 0 Å². The van der Waals surface area contributed by atoms with Crippen molar-refractivity contribution < 1.29 is 22.8 Å². The third kappa shape index (κ3) is 3.99. The molecule has 25 heavy (non-hydrogen) atoms. The summed E-state index contributed by atoms with van der Waals surface area (Å²) in [5, 5.41) is 6.79. The second kappa shape index (κ2) is 6.97. The van der Waals surface area contributed by atoms with Gasteiger partial charge in [-0.05, 0) is 0 Å². The van der Waals surface area contributed by atoms with Crippen molar-refractivity contribution in [2.75, 3.05) is 19.6 Å². The molecule has 0 N–H and O–H groups in total. The van der Waals surface area contributed by atoms with E-state index in [9.17, 15) is 22.8 Å². The van der Waals surface area contributed by atoms with Crippen molar-refractivity contribution in [1.29, 1.82) is 0 Å². The van der Waals surface area contributed by atoms with Gasteiger partial charge in [0.1, 0.15) is 0 Å². The number of fused-ring (bicyclic) bond motifs is 1. The second-order valence-electron chi connectivity index (χ2n) is 6.31. The number of halogens is 3. The van der Waals surface area contributed by atoms with Crippen LogP contribution in [0.3, 0.4) is 0 Å². The van der Waals surface area contributed by atoms with Gasteiger partial charge in [0.15, 0.2) is 0 Å². The summed E-state index contributed by atoms with van der Waals surface area (Å²) in [5.41, 5.74) is 0. The van der Waals surface area contributed by atoms with Crippen LogP contribution in [-0.2, 0) is 28.9 Å². The molecule has 0 bridgehead atoms. The van der Waals surface area contributed by atoms with E-state index in [2.05, 4.69) is 10.2 Å². The predicted octanol–water partition coefficient (Wildman–Crippen LogP) is 0.0732. The van der Waals surface area contributed by atoms with Crippen molar-refractivity contribution in [2.24, 2.45) is 0 Å². The number of aromatic nitrogens is 3. The molecule has 2 aliphatic heterocycles. The van der Waals surface area contributed by atoms with E-state index in [0.29, 0.717) is 13.0 Å². The second-order valence-corrected chi connectivity index (χ2v) is 8.29. The first-order valence-corrected chi connectivity index (χ1v) is 9.46. The molecule has 0 radical (unpaired) electrons. The van der Waals surface area contributed by atoms with Crippen molar-refractivity contribution >= 4 is 28.7 Å². The van der Waals surface area contributed by atoms with Crippen LogP contribution in [0.4, 0.5) is 13.2 Å². The fourth-order valence-electron chi connectivity index (χ4n) is 3.18. The van der Waals surface area contributed by atoms with Crippen LogP contribution in [0.2, 0.25) is 4.71 Å². The Morgan fingerprint density at radius 2 is 2.00 bits per heavy atom. The first-order chi connectivity index (χ1) is 11.8. The molecule has 0 spiro atoms. The van der Waals surface area contributed by atoms with E-state index in [1.807, 2.05) is 0 Å². The van der Waals surface area contributed by atoms with Crippen LogP contribution in [-0.4, -0.2) is 72.9 Å². The zero-order valence-corrected chi connectivity index (χ0v) is 15.9. The van der Waals surface area contributed by atoms with Crippen LogP contribution in [0.25, 0.3) is 0 Å². The number of hydrogen-bond acceptors (Lipinski definition) is 4. The molecule has 3 heterocycles. The number of alkyl halides is 3. The maximum absolute atomic E-state index is 12.8. The number of likely N-dealkylation sites (tertiary alicyclic amines) is 1. The first-order valence-electron chi connectivity index (χ1n) is 8.06. The molecule has 0 saturated carbocycles. The Kier molecular flexibility index (Phi) is 5.08. The zero-order valence-electron chi connectivity index (χ0n) is 13.5. The molecule has 1 saturated heterocycles. The van der Waals surface area contributed by atoms with Crippen molar-refractivity contribution in [2.45, 2.75) is 43.2 Å². The summed E-state index contributed by atoms with van der Waals surface area (Å²) in [5.74, 6) is -0.858. The summed E-state index contributed by atoms with van der Waals surface area (Å²) in [6.07, 6.45) is -2.84. The van der Waals surface area contributed by atoms with Gasteiger partial charge in [-0.3, -0.25) is 0 Å². The number of rotatable bonds is 4. The van der Waals surface area contributed by atoms with Gasteiger partial charge in [0.05, 0.1) is 0 Å². The molecule has 1 aromatic rings. The molecule has 2 atom stereocenters. The van der Waals surface area contributed by atoms with Crippen LogP contribution in [0.5, 0.6) is 0 Å². The fraction of sp³-hybridized carbons (Fsp3) is 0.714. The quantitative estimate of drug-likeness (QED) is 0.646. The molecule has 3 rings (SSSR count). The van der Waals surface area contributed by atoms with Gasteiger partial charge in [-0.1, -0.05) is 0 Å². The summed E-state index contributed by atoms with van der Waals surface area (Å²) in [6, 6.07) is 0. The Bertz CT molecular complexity index is 678. The van der Waals surface area contributed by atoms with Crippen LogP contribution in [0.15, 0.2) is 0 Å². The SMILES string of the molecule is O=C(C[C@H]([AsH2])CN1CCCC1=O)N1CCn2c(nnc2C(F)(F)F)C1. The number of amides is 2. The van der Waals surface area contributed by atoms with Crippen molar-refractivity contribution in [3.8, 4) is 0 Å². The van der Waals surface area contributed by atoms with Gasteiger partial charge in [0.2, 0.25) is 0 Å². The van der Waals surface area contributed by atoms with Crippen LogP contribution >= 0.6 is 0 Å². The molecular formula is C14H19AsF3N5O2. The number of nitrogens with zero attached hydrogens (tertiary/aromatic N) is 5. The Labute approximate surface area is 151 Å². The van der Waals surface area contributed by atoms with Gasteiger partial charge in [0.25, 0.3) is 0 Å². The first kappa shape index (κ1) is 18.2. The minimum atomic E-state index is -4.54. The van der Waals surface area contributed by atoms with Gasteiger partial charge >= 0.3 is 151 Å². The van der Waals surface area contributed by atoms with E-state index in [0.717, 1.165) is 17.5 Å². The number of hydrogen-bond donors (Lipinski definition) is 0. The van der Waals surface area contributed by atoms with E-state index in [1.54, 1.807) is 4.90 Å². The molecule has 1 aromatic heterocycles. The summed E-state index contributed by atoms with van der Waals surface area (Å²) >= 11 is 1.39. The molecule has 0 aromatic carbocycles. The van der Waals surface area contributed by atoms with E-state index in [4.69, 9.17) is 0 Å². The maximum atomic E-state index is 12.8. The topological polar surface area (TPSA) is 71.3 Å². The van der Waals surface area contributed by atoms with Crippen LogP contribution in [0, 0.1) is 0 Å². The third-order valence-corrected chi connectivity index (χ3v) is 5.36. The average Bonchev–Trinajstić information content (AvgIpc) is 3.12. The molecule has 11 heteroatoms. The molecule has 1 unspecified atom stereocenters. The summed E-state index contributed by atoms with van der Waals surface area (Å²) in [4.78, 5) is 27.4. The molecule has 1 fully saturated rings. The molecule has 7 nitrogen and oxygen atoms in total. The average molecular weight is 421 g/mol. The predicted molar refractivity (Wildman–Crippen MR) is 83.2 cm³/mol. The Morgan fingerprint density at radius 1 is 1.24 bits per heavy atom. The third-order valence-electron chi connectivity index (χ3n) is 4.42. The van der Waals surface area contributed by atoms with E-state index in [1.165, 1.54) is 21.8 Å². The molecule has 0 aliphatic carbocycles. The minimum absolute atomic E-state index is 0.0320. The van der Waals surface area contributed by atoms with Crippen molar-refractivity contribution in [1.82, 2.24) is 24.6 Å². The Morgan fingerprint density at radius 3 is 2.64 bits per heavy atom. The van der Waals surface area contributed by atoms with Gasteiger partial charge in [-0.15, -0.1) is 0 Å². The number of carbonyl (C=O) groups is 2. The van der Waals surface area contributed by atoms with E-state index in [-0.39, 0.29) is 48.4 Å². The van der Waals surface area contributed by atoms with Crippen molar-refractivity contribution in [3.63, 3.8) is 0 Å². The monoisotopic (exact) mass is 421 g/mol. The summed E-state index contributed by atoms with van der Waals surface area (Å²) < 4.78 is 39.6. The summed E-state index contributed by atoms with van der Waals surface area (Å²) in [6.45, 7) is 1.57. The van der Waals surface area contributed by atoms with Crippen LogP contribution in [0.1, 0.15) is 30.9 Å². The standard InChI is InChI=1S/C14H19AsF3N5O2/c15-9(7-21-3-1-2-11(21)24)6-12(25)22-4-5-23-10(8-22)19-20-13(23)14(16,17)18/h9H,1-8,15H2/t9-/m0/s1. The molecular weight excluding hydrogens is 402 g/mol. The number of carbonyl (C=O) groups excluding carboxylic acids is 2. The van der Waals surface area contributed by atoms with Gasteiger partial charge in [-0.25, -0.2) is 0 Å². The van der Waals surface area contributed by atoms with Crippen molar-refractivity contribution in [3.05, 3.63) is 11.6 Å². The van der Waals surface area contributed by atoms with E-state index >= 15 is 0 Å². The van der Waals surface area contributed by atoms with E-state index < -0.39 is 12.0 Å². The fourth-order valence-corrected chi connectivity index (χ4v) is 4.14.